The third-order valence-electron chi connectivity index (χ3n) is 2.42. The van der Waals surface area contributed by atoms with Gasteiger partial charge in [-0.15, -0.1) is 0 Å². The van der Waals surface area contributed by atoms with Crippen LogP contribution in [-0.4, -0.2) is 30.3 Å². The Labute approximate surface area is 94.4 Å². The normalized spacial score (nSPS) is 11.8. The quantitative estimate of drug-likeness (QED) is 0.628. The molecule has 0 radical (unpaired) electrons. The molecular weight excluding hydrogens is 200 g/mol. The highest BCUT2D eigenvalue weighted by atomic mass is 16.1. The van der Waals surface area contributed by atoms with E-state index < -0.39 is 0 Å². The molecule has 1 heterocycles. The first-order valence-corrected chi connectivity index (χ1v) is 5.12. The smallest absolute Gasteiger partial charge is 0.152 e. The van der Waals surface area contributed by atoms with Gasteiger partial charge in [0, 0.05) is 48.5 Å². The van der Waals surface area contributed by atoms with Crippen molar-refractivity contribution in [3.63, 3.8) is 0 Å². The van der Waals surface area contributed by atoms with Crippen LogP contribution in [0.5, 0.6) is 0 Å². The van der Waals surface area contributed by atoms with Crippen molar-refractivity contribution in [3.8, 4) is 0 Å². The van der Waals surface area contributed by atoms with Crippen molar-refractivity contribution in [2.75, 3.05) is 14.1 Å². The number of hydrogen-bond acceptors (Lipinski definition) is 2. The average Bonchev–Trinajstić information content (AvgIpc) is 2.69. The molecular formula is C13H14N2O. The summed E-state index contributed by atoms with van der Waals surface area (Å²) in [5.74, 6) is 0. The molecule has 82 valence electrons. The van der Waals surface area contributed by atoms with E-state index in [1.807, 2.05) is 55.7 Å². The van der Waals surface area contributed by atoms with Crippen LogP contribution in [0.25, 0.3) is 16.5 Å². The van der Waals surface area contributed by atoms with Gasteiger partial charge in [-0.25, -0.2) is 0 Å². The first-order valence-electron chi connectivity index (χ1n) is 5.12. The molecule has 0 saturated carbocycles. The second-order valence-electron chi connectivity index (χ2n) is 3.91. The summed E-state index contributed by atoms with van der Waals surface area (Å²) in [5.41, 5.74) is 2.67. The molecule has 1 N–H and O–H groups in total. The Morgan fingerprint density at radius 1 is 1.31 bits per heavy atom. The SMILES string of the molecule is CN(C)C=C(C=O)c1c[nH]c2ccccc12. The van der Waals surface area contributed by atoms with Gasteiger partial charge in [-0.1, -0.05) is 18.2 Å². The summed E-state index contributed by atoms with van der Waals surface area (Å²) in [6.07, 6.45) is 4.58. The van der Waals surface area contributed by atoms with E-state index in [1.54, 1.807) is 0 Å². The summed E-state index contributed by atoms with van der Waals surface area (Å²) in [7, 11) is 3.80. The van der Waals surface area contributed by atoms with Crippen LogP contribution in [-0.2, 0) is 4.79 Å². The maximum Gasteiger partial charge on any atom is 0.152 e. The number of H-pyrrole nitrogens is 1. The highest BCUT2D eigenvalue weighted by Gasteiger charge is 2.07. The van der Waals surface area contributed by atoms with Crippen LogP contribution in [0, 0.1) is 0 Å². The Morgan fingerprint density at radius 3 is 2.75 bits per heavy atom. The zero-order valence-electron chi connectivity index (χ0n) is 9.40. The van der Waals surface area contributed by atoms with E-state index in [9.17, 15) is 4.79 Å². The summed E-state index contributed by atoms with van der Waals surface area (Å²) < 4.78 is 0. The number of para-hydroxylation sites is 1. The Morgan fingerprint density at radius 2 is 2.06 bits per heavy atom. The molecule has 1 aromatic heterocycles. The lowest BCUT2D eigenvalue weighted by Crippen LogP contribution is -2.03. The zero-order valence-corrected chi connectivity index (χ0v) is 9.40. The third kappa shape index (κ3) is 1.84. The van der Waals surface area contributed by atoms with E-state index in [1.165, 1.54) is 0 Å². The molecule has 0 atom stereocenters. The Balaban J connectivity index is 2.58. The summed E-state index contributed by atoms with van der Waals surface area (Å²) in [6, 6.07) is 7.95. The van der Waals surface area contributed by atoms with E-state index >= 15 is 0 Å². The lowest BCUT2D eigenvalue weighted by atomic mass is 10.1. The number of aldehydes is 1. The molecule has 0 aliphatic rings. The molecule has 1 aromatic carbocycles. The van der Waals surface area contributed by atoms with Crippen molar-refractivity contribution >= 4 is 22.8 Å². The van der Waals surface area contributed by atoms with Crippen LogP contribution in [0.15, 0.2) is 36.7 Å². The molecule has 3 heteroatoms. The van der Waals surface area contributed by atoms with Gasteiger partial charge in [-0.2, -0.15) is 0 Å². The summed E-state index contributed by atoms with van der Waals surface area (Å²) in [6.45, 7) is 0. The summed E-state index contributed by atoms with van der Waals surface area (Å²) in [5, 5.41) is 1.07. The Hall–Kier alpha value is -2.03. The largest absolute Gasteiger partial charge is 0.383 e. The molecule has 0 spiro atoms. The molecule has 0 saturated heterocycles. The lowest BCUT2D eigenvalue weighted by Gasteiger charge is -2.06. The second kappa shape index (κ2) is 4.23. The number of benzene rings is 1. The molecule has 16 heavy (non-hydrogen) atoms. The van der Waals surface area contributed by atoms with Crippen molar-refractivity contribution in [3.05, 3.63) is 42.2 Å². The van der Waals surface area contributed by atoms with Gasteiger partial charge in [0.2, 0.25) is 0 Å². The van der Waals surface area contributed by atoms with E-state index in [-0.39, 0.29) is 0 Å². The van der Waals surface area contributed by atoms with E-state index in [2.05, 4.69) is 4.98 Å². The van der Waals surface area contributed by atoms with Gasteiger partial charge >= 0.3 is 0 Å². The number of fused-ring (bicyclic) bond motifs is 1. The number of aromatic nitrogens is 1. The number of aromatic amines is 1. The molecule has 2 aromatic rings. The minimum absolute atomic E-state index is 0.683. The topological polar surface area (TPSA) is 36.1 Å². The minimum Gasteiger partial charge on any atom is -0.383 e. The number of rotatable bonds is 3. The van der Waals surface area contributed by atoms with E-state index in [0.29, 0.717) is 5.57 Å². The predicted molar refractivity (Wildman–Crippen MR) is 66.0 cm³/mol. The fraction of sp³-hybridized carbons (Fsp3) is 0.154. The van der Waals surface area contributed by atoms with Crippen molar-refractivity contribution in [1.82, 2.24) is 9.88 Å². The summed E-state index contributed by atoms with van der Waals surface area (Å²) >= 11 is 0. The number of carbonyl (C=O) groups is 1. The van der Waals surface area contributed by atoms with Crippen molar-refractivity contribution < 1.29 is 4.79 Å². The lowest BCUT2D eigenvalue weighted by molar-refractivity contribution is -0.103. The summed E-state index contributed by atoms with van der Waals surface area (Å²) in [4.78, 5) is 16.1. The minimum atomic E-state index is 0.683. The van der Waals surface area contributed by atoms with Crippen LogP contribution in [0.3, 0.4) is 0 Å². The number of nitrogens with zero attached hydrogens (tertiary/aromatic N) is 1. The molecule has 0 aliphatic heterocycles. The van der Waals surface area contributed by atoms with Crippen molar-refractivity contribution in [2.45, 2.75) is 0 Å². The van der Waals surface area contributed by atoms with Crippen LogP contribution < -0.4 is 0 Å². The third-order valence-corrected chi connectivity index (χ3v) is 2.42. The molecule has 0 amide bonds. The predicted octanol–water partition coefficient (Wildman–Crippen LogP) is 2.27. The molecule has 3 nitrogen and oxygen atoms in total. The first-order chi connectivity index (χ1) is 7.72. The molecule has 0 bridgehead atoms. The van der Waals surface area contributed by atoms with E-state index in [0.717, 1.165) is 22.8 Å². The van der Waals surface area contributed by atoms with Crippen LogP contribution in [0.2, 0.25) is 0 Å². The van der Waals surface area contributed by atoms with Gasteiger partial charge < -0.3 is 9.88 Å². The second-order valence-corrected chi connectivity index (χ2v) is 3.91. The van der Waals surface area contributed by atoms with Crippen molar-refractivity contribution in [1.29, 1.82) is 0 Å². The zero-order chi connectivity index (χ0) is 11.5. The van der Waals surface area contributed by atoms with Gasteiger partial charge in [0.15, 0.2) is 6.29 Å². The maximum atomic E-state index is 11.1. The highest BCUT2D eigenvalue weighted by molar-refractivity contribution is 6.12. The van der Waals surface area contributed by atoms with Gasteiger partial charge in [-0.3, -0.25) is 4.79 Å². The Kier molecular flexibility index (Phi) is 2.77. The molecule has 0 unspecified atom stereocenters. The van der Waals surface area contributed by atoms with Crippen LogP contribution >= 0.6 is 0 Å². The Bertz CT molecular complexity index is 538. The highest BCUT2D eigenvalue weighted by Crippen LogP contribution is 2.23. The van der Waals surface area contributed by atoms with Crippen LogP contribution in [0.4, 0.5) is 0 Å². The maximum absolute atomic E-state index is 11.1. The van der Waals surface area contributed by atoms with Crippen LogP contribution in [0.1, 0.15) is 5.56 Å². The number of hydrogen-bond donors (Lipinski definition) is 1. The molecule has 0 fully saturated rings. The fourth-order valence-electron chi connectivity index (χ4n) is 1.75. The van der Waals surface area contributed by atoms with Gasteiger partial charge in [0.05, 0.1) is 0 Å². The van der Waals surface area contributed by atoms with Gasteiger partial charge in [0.1, 0.15) is 0 Å². The van der Waals surface area contributed by atoms with Gasteiger partial charge in [0.25, 0.3) is 0 Å². The first kappa shape index (κ1) is 10.5. The molecule has 2 rings (SSSR count). The average molecular weight is 214 g/mol. The monoisotopic (exact) mass is 214 g/mol. The number of nitrogens with one attached hydrogen (secondary N) is 1. The standard InChI is InChI=1S/C13H14N2O/c1-15(2)8-10(9-16)12-7-14-13-6-4-3-5-11(12)13/h3-9,14H,1-2H3. The fourth-order valence-corrected chi connectivity index (χ4v) is 1.75. The number of allylic oxidation sites excluding steroid dienone is 1. The van der Waals surface area contributed by atoms with Crippen molar-refractivity contribution in [2.24, 2.45) is 0 Å². The van der Waals surface area contributed by atoms with E-state index in [4.69, 9.17) is 0 Å². The van der Waals surface area contributed by atoms with Gasteiger partial charge in [-0.05, 0) is 6.07 Å². The molecule has 0 aliphatic carbocycles. The number of carbonyl (C=O) groups excluding carboxylic acids is 1.